The molecule has 0 spiro atoms. The summed E-state index contributed by atoms with van der Waals surface area (Å²) in [6, 6.07) is 0.612. The predicted molar refractivity (Wildman–Crippen MR) is 65.8 cm³/mol. The fourth-order valence-corrected chi connectivity index (χ4v) is 2.76. The first kappa shape index (κ1) is 11.2. The van der Waals surface area contributed by atoms with Gasteiger partial charge in [0.2, 0.25) is 0 Å². The van der Waals surface area contributed by atoms with Crippen LogP contribution in [-0.4, -0.2) is 12.6 Å². The standard InChI is InChI=1S/C14H25N/c1-10(14(2,3)4)15-9-13-8-11-5-6-12(13)7-11/h5-6,10-13,15H,7-9H2,1-4H3. The van der Waals surface area contributed by atoms with Gasteiger partial charge in [0, 0.05) is 6.04 Å². The molecule has 0 aromatic rings. The van der Waals surface area contributed by atoms with Gasteiger partial charge >= 0.3 is 0 Å². The predicted octanol–water partition coefficient (Wildman–Crippen LogP) is 3.22. The van der Waals surface area contributed by atoms with Crippen molar-refractivity contribution in [1.82, 2.24) is 5.32 Å². The summed E-state index contributed by atoms with van der Waals surface area (Å²) in [6.07, 6.45) is 7.72. The molecule has 2 rings (SSSR count). The number of hydrogen-bond acceptors (Lipinski definition) is 1. The van der Waals surface area contributed by atoms with E-state index in [1.807, 2.05) is 0 Å². The molecule has 0 aliphatic heterocycles. The van der Waals surface area contributed by atoms with E-state index in [0.717, 1.165) is 17.8 Å². The van der Waals surface area contributed by atoms with Crippen molar-refractivity contribution in [2.45, 2.75) is 46.6 Å². The first-order chi connectivity index (χ1) is 6.97. The smallest absolute Gasteiger partial charge is 0.00873 e. The molecule has 0 saturated heterocycles. The van der Waals surface area contributed by atoms with E-state index >= 15 is 0 Å². The van der Waals surface area contributed by atoms with E-state index in [0.29, 0.717) is 11.5 Å². The van der Waals surface area contributed by atoms with Crippen molar-refractivity contribution in [3.63, 3.8) is 0 Å². The molecule has 2 bridgehead atoms. The summed E-state index contributed by atoms with van der Waals surface area (Å²) in [6.45, 7) is 10.5. The SMILES string of the molecule is CC(NCC1CC2C=CC1C2)C(C)(C)C. The Morgan fingerprint density at radius 3 is 2.47 bits per heavy atom. The molecule has 1 saturated carbocycles. The quantitative estimate of drug-likeness (QED) is 0.701. The first-order valence-electron chi connectivity index (χ1n) is 6.38. The zero-order valence-electron chi connectivity index (χ0n) is 10.6. The van der Waals surface area contributed by atoms with Crippen LogP contribution in [0, 0.1) is 23.2 Å². The number of allylic oxidation sites excluding steroid dienone is 2. The van der Waals surface area contributed by atoms with Crippen LogP contribution in [0.4, 0.5) is 0 Å². The van der Waals surface area contributed by atoms with Crippen LogP contribution >= 0.6 is 0 Å². The molecule has 0 radical (unpaired) electrons. The van der Waals surface area contributed by atoms with E-state index in [9.17, 15) is 0 Å². The molecular weight excluding hydrogens is 182 g/mol. The number of hydrogen-bond donors (Lipinski definition) is 1. The molecule has 0 amide bonds. The summed E-state index contributed by atoms with van der Waals surface area (Å²) in [7, 11) is 0. The van der Waals surface area contributed by atoms with Gasteiger partial charge in [-0.2, -0.15) is 0 Å². The van der Waals surface area contributed by atoms with Crippen molar-refractivity contribution in [1.29, 1.82) is 0 Å². The van der Waals surface area contributed by atoms with Crippen molar-refractivity contribution in [3.05, 3.63) is 12.2 Å². The van der Waals surface area contributed by atoms with Gasteiger partial charge in [-0.05, 0) is 49.5 Å². The molecule has 0 heterocycles. The molecule has 4 unspecified atom stereocenters. The van der Waals surface area contributed by atoms with Gasteiger partial charge in [-0.1, -0.05) is 32.9 Å². The third-order valence-electron chi connectivity index (χ3n) is 4.40. The summed E-state index contributed by atoms with van der Waals surface area (Å²) in [5.74, 6) is 2.70. The molecule has 1 fully saturated rings. The third kappa shape index (κ3) is 2.44. The van der Waals surface area contributed by atoms with Gasteiger partial charge in [-0.15, -0.1) is 0 Å². The van der Waals surface area contributed by atoms with Gasteiger partial charge in [0.25, 0.3) is 0 Å². The van der Waals surface area contributed by atoms with Crippen LogP contribution in [0.5, 0.6) is 0 Å². The lowest BCUT2D eigenvalue weighted by molar-refractivity contribution is 0.265. The highest BCUT2D eigenvalue weighted by atomic mass is 14.9. The second-order valence-corrected chi connectivity index (χ2v) is 6.54. The van der Waals surface area contributed by atoms with Crippen LogP contribution < -0.4 is 5.32 Å². The molecule has 0 aromatic carbocycles. The minimum Gasteiger partial charge on any atom is -0.313 e. The highest BCUT2D eigenvalue weighted by Crippen LogP contribution is 2.43. The first-order valence-corrected chi connectivity index (χ1v) is 6.38. The van der Waals surface area contributed by atoms with Crippen LogP contribution in [-0.2, 0) is 0 Å². The van der Waals surface area contributed by atoms with Crippen molar-refractivity contribution in [3.8, 4) is 0 Å². The van der Waals surface area contributed by atoms with E-state index in [1.54, 1.807) is 0 Å². The lowest BCUT2D eigenvalue weighted by Gasteiger charge is -2.30. The van der Waals surface area contributed by atoms with Gasteiger partial charge < -0.3 is 5.32 Å². The summed E-state index contributed by atoms with van der Waals surface area (Å²) in [5.41, 5.74) is 0.382. The van der Waals surface area contributed by atoms with Crippen molar-refractivity contribution >= 4 is 0 Å². The summed E-state index contributed by atoms with van der Waals surface area (Å²) >= 11 is 0. The molecule has 1 nitrogen and oxygen atoms in total. The number of rotatable bonds is 3. The Bertz CT molecular complexity index is 249. The lowest BCUT2D eigenvalue weighted by atomic mass is 9.87. The fourth-order valence-electron chi connectivity index (χ4n) is 2.76. The average Bonchev–Trinajstić information content (AvgIpc) is 2.73. The molecule has 0 aromatic heterocycles. The molecule has 4 atom stereocenters. The monoisotopic (exact) mass is 207 g/mol. The number of fused-ring (bicyclic) bond motifs is 2. The molecule has 1 N–H and O–H groups in total. The Labute approximate surface area is 94.3 Å². The summed E-state index contributed by atoms with van der Waals surface area (Å²) < 4.78 is 0. The van der Waals surface area contributed by atoms with Gasteiger partial charge in [0.1, 0.15) is 0 Å². The minimum atomic E-state index is 0.382. The van der Waals surface area contributed by atoms with Crippen molar-refractivity contribution in [2.75, 3.05) is 6.54 Å². The topological polar surface area (TPSA) is 12.0 Å². The van der Waals surface area contributed by atoms with E-state index in [2.05, 4.69) is 45.2 Å². The Kier molecular flexibility index (Phi) is 2.94. The van der Waals surface area contributed by atoms with Crippen LogP contribution in [0.2, 0.25) is 0 Å². The average molecular weight is 207 g/mol. The van der Waals surface area contributed by atoms with Crippen LogP contribution in [0.3, 0.4) is 0 Å². The molecule has 15 heavy (non-hydrogen) atoms. The van der Waals surface area contributed by atoms with Crippen molar-refractivity contribution in [2.24, 2.45) is 23.2 Å². The minimum absolute atomic E-state index is 0.382. The van der Waals surface area contributed by atoms with Crippen molar-refractivity contribution < 1.29 is 0 Å². The van der Waals surface area contributed by atoms with Gasteiger partial charge in [-0.25, -0.2) is 0 Å². The molecule has 2 aliphatic rings. The fraction of sp³-hybridized carbons (Fsp3) is 0.857. The Morgan fingerprint density at radius 2 is 2.00 bits per heavy atom. The van der Waals surface area contributed by atoms with Gasteiger partial charge in [0.05, 0.1) is 0 Å². The van der Waals surface area contributed by atoms with E-state index < -0.39 is 0 Å². The molecule has 2 aliphatic carbocycles. The largest absolute Gasteiger partial charge is 0.313 e. The number of nitrogens with one attached hydrogen (secondary N) is 1. The maximum Gasteiger partial charge on any atom is 0.00873 e. The van der Waals surface area contributed by atoms with E-state index in [-0.39, 0.29) is 0 Å². The zero-order chi connectivity index (χ0) is 11.1. The highest BCUT2D eigenvalue weighted by molar-refractivity contribution is 5.10. The highest BCUT2D eigenvalue weighted by Gasteiger charge is 2.35. The van der Waals surface area contributed by atoms with Crippen LogP contribution in [0.15, 0.2) is 12.2 Å². The second kappa shape index (κ2) is 3.93. The summed E-state index contributed by atoms with van der Waals surface area (Å²) in [4.78, 5) is 0. The second-order valence-electron chi connectivity index (χ2n) is 6.54. The van der Waals surface area contributed by atoms with Crippen LogP contribution in [0.1, 0.15) is 40.5 Å². The Balaban J connectivity index is 1.77. The lowest BCUT2D eigenvalue weighted by Crippen LogP contribution is -2.40. The van der Waals surface area contributed by atoms with E-state index in [4.69, 9.17) is 0 Å². The molecular formula is C14H25N. The normalized spacial score (nSPS) is 36.1. The summed E-state index contributed by atoms with van der Waals surface area (Å²) in [5, 5.41) is 3.72. The third-order valence-corrected chi connectivity index (χ3v) is 4.40. The van der Waals surface area contributed by atoms with Gasteiger partial charge in [0.15, 0.2) is 0 Å². The Morgan fingerprint density at radius 1 is 1.27 bits per heavy atom. The van der Waals surface area contributed by atoms with Crippen LogP contribution in [0.25, 0.3) is 0 Å². The Hall–Kier alpha value is -0.300. The zero-order valence-corrected chi connectivity index (χ0v) is 10.6. The maximum atomic E-state index is 3.72. The molecule has 86 valence electrons. The van der Waals surface area contributed by atoms with E-state index in [1.165, 1.54) is 19.4 Å². The van der Waals surface area contributed by atoms with Gasteiger partial charge in [-0.3, -0.25) is 0 Å². The molecule has 1 heteroatoms. The maximum absolute atomic E-state index is 3.72.